The van der Waals surface area contributed by atoms with E-state index in [1.165, 1.54) is 6.08 Å². The summed E-state index contributed by atoms with van der Waals surface area (Å²) in [7, 11) is 0. The number of anilines is 1. The van der Waals surface area contributed by atoms with Crippen LogP contribution in [-0.2, 0) is 9.59 Å². The van der Waals surface area contributed by atoms with Gasteiger partial charge in [0.15, 0.2) is 0 Å². The van der Waals surface area contributed by atoms with Crippen molar-refractivity contribution in [1.82, 2.24) is 5.32 Å². The van der Waals surface area contributed by atoms with Crippen molar-refractivity contribution in [3.8, 4) is 11.5 Å². The lowest BCUT2D eigenvalue weighted by molar-refractivity contribution is -0.122. The lowest BCUT2D eigenvalue weighted by Crippen LogP contribution is -2.54. The van der Waals surface area contributed by atoms with E-state index in [0.29, 0.717) is 30.2 Å². The summed E-state index contributed by atoms with van der Waals surface area (Å²) in [6.07, 6.45) is 1.45. The molecule has 1 aliphatic rings. The van der Waals surface area contributed by atoms with Gasteiger partial charge in [0.2, 0.25) is 0 Å². The molecule has 0 atom stereocenters. The average Bonchev–Trinajstić information content (AvgIpc) is 2.81. The van der Waals surface area contributed by atoms with Crippen molar-refractivity contribution in [2.45, 2.75) is 13.8 Å². The molecule has 0 radical (unpaired) electrons. The van der Waals surface area contributed by atoms with Gasteiger partial charge in [0.1, 0.15) is 30.3 Å². The highest BCUT2D eigenvalue weighted by molar-refractivity contribution is 6.39. The fourth-order valence-corrected chi connectivity index (χ4v) is 3.47. The van der Waals surface area contributed by atoms with Gasteiger partial charge in [0, 0.05) is 0 Å². The zero-order valence-electron chi connectivity index (χ0n) is 18.9. The van der Waals surface area contributed by atoms with E-state index < -0.39 is 17.8 Å². The molecule has 0 bridgehead atoms. The smallest absolute Gasteiger partial charge is 0.335 e. The van der Waals surface area contributed by atoms with E-state index in [2.05, 4.69) is 5.32 Å². The largest absolute Gasteiger partial charge is 0.490 e. The standard InChI is InChI=1S/C27H24N2O5/c1-18-9-11-22(12-10-18)33-13-14-34-23-8-4-6-20(16-23)17-24-25(30)28-27(32)29(26(24)31)21-7-3-5-19(2)15-21/h3-12,15-17H,13-14H2,1-2H3,(H,28,30,32)/b24-17-. The minimum absolute atomic E-state index is 0.138. The van der Waals surface area contributed by atoms with E-state index in [0.717, 1.165) is 21.8 Å². The predicted octanol–water partition coefficient (Wildman–Crippen LogP) is 4.43. The van der Waals surface area contributed by atoms with Crippen molar-refractivity contribution in [1.29, 1.82) is 0 Å². The summed E-state index contributed by atoms with van der Waals surface area (Å²) in [5, 5.41) is 2.23. The maximum Gasteiger partial charge on any atom is 0.335 e. The maximum absolute atomic E-state index is 13.0. The summed E-state index contributed by atoms with van der Waals surface area (Å²) < 4.78 is 11.4. The molecular weight excluding hydrogens is 432 g/mol. The molecule has 7 heteroatoms. The van der Waals surface area contributed by atoms with Crippen molar-refractivity contribution < 1.29 is 23.9 Å². The van der Waals surface area contributed by atoms with Crippen LogP contribution >= 0.6 is 0 Å². The highest BCUT2D eigenvalue weighted by Gasteiger charge is 2.36. The highest BCUT2D eigenvalue weighted by atomic mass is 16.5. The van der Waals surface area contributed by atoms with Crippen molar-refractivity contribution >= 4 is 29.6 Å². The number of hydrogen-bond donors (Lipinski definition) is 1. The first kappa shape index (κ1) is 22.8. The second kappa shape index (κ2) is 10.0. The van der Waals surface area contributed by atoms with Gasteiger partial charge in [-0.1, -0.05) is 42.0 Å². The molecule has 7 nitrogen and oxygen atoms in total. The molecule has 4 amide bonds. The Hall–Kier alpha value is -4.39. The number of nitrogens with zero attached hydrogens (tertiary/aromatic N) is 1. The molecule has 1 fully saturated rings. The molecule has 3 aromatic rings. The molecule has 0 aliphatic carbocycles. The van der Waals surface area contributed by atoms with Crippen molar-refractivity contribution in [3.63, 3.8) is 0 Å². The average molecular weight is 456 g/mol. The molecule has 1 saturated heterocycles. The van der Waals surface area contributed by atoms with Crippen molar-refractivity contribution in [2.24, 2.45) is 0 Å². The number of carbonyl (C=O) groups is 3. The zero-order chi connectivity index (χ0) is 24.1. The molecular formula is C27H24N2O5. The molecule has 0 unspecified atom stereocenters. The molecule has 4 rings (SSSR count). The lowest BCUT2D eigenvalue weighted by atomic mass is 10.1. The van der Waals surface area contributed by atoms with Gasteiger partial charge >= 0.3 is 6.03 Å². The van der Waals surface area contributed by atoms with Gasteiger partial charge in [-0.3, -0.25) is 14.9 Å². The van der Waals surface area contributed by atoms with Gasteiger partial charge in [-0.05, 0) is 67.4 Å². The Balaban J connectivity index is 1.45. The van der Waals surface area contributed by atoms with E-state index >= 15 is 0 Å². The van der Waals surface area contributed by atoms with Gasteiger partial charge in [0.05, 0.1) is 5.69 Å². The third-order valence-corrected chi connectivity index (χ3v) is 5.17. The quantitative estimate of drug-likeness (QED) is 0.323. The van der Waals surface area contributed by atoms with Gasteiger partial charge < -0.3 is 9.47 Å². The first-order valence-corrected chi connectivity index (χ1v) is 10.8. The Morgan fingerprint density at radius 1 is 0.794 bits per heavy atom. The number of barbiturate groups is 1. The molecule has 1 aliphatic heterocycles. The first-order chi connectivity index (χ1) is 16.4. The summed E-state index contributed by atoms with van der Waals surface area (Å²) in [6.45, 7) is 4.55. The SMILES string of the molecule is Cc1ccc(OCCOc2cccc(/C=C3/C(=O)NC(=O)N(c4cccc(C)c4)C3=O)c2)cc1. The number of nitrogens with one attached hydrogen (secondary N) is 1. The topological polar surface area (TPSA) is 84.9 Å². The van der Waals surface area contributed by atoms with Crippen LogP contribution < -0.4 is 19.7 Å². The van der Waals surface area contributed by atoms with E-state index in [1.54, 1.807) is 42.5 Å². The summed E-state index contributed by atoms with van der Waals surface area (Å²) in [5.74, 6) is -0.0896. The molecule has 0 aromatic heterocycles. The second-order valence-electron chi connectivity index (χ2n) is 7.88. The third kappa shape index (κ3) is 5.32. The minimum atomic E-state index is -0.775. The van der Waals surface area contributed by atoms with Crippen LogP contribution in [0.4, 0.5) is 10.5 Å². The van der Waals surface area contributed by atoms with Crippen LogP contribution in [0, 0.1) is 13.8 Å². The highest BCUT2D eigenvalue weighted by Crippen LogP contribution is 2.24. The number of carbonyl (C=O) groups excluding carboxylic acids is 3. The van der Waals surface area contributed by atoms with Gasteiger partial charge in [-0.15, -0.1) is 0 Å². The number of ether oxygens (including phenoxy) is 2. The minimum Gasteiger partial charge on any atom is -0.490 e. The second-order valence-corrected chi connectivity index (χ2v) is 7.88. The van der Waals surface area contributed by atoms with Gasteiger partial charge in [-0.2, -0.15) is 0 Å². The van der Waals surface area contributed by atoms with Crippen LogP contribution in [0.5, 0.6) is 11.5 Å². The number of rotatable bonds is 7. The Morgan fingerprint density at radius 2 is 1.50 bits per heavy atom. The molecule has 172 valence electrons. The molecule has 0 spiro atoms. The summed E-state index contributed by atoms with van der Waals surface area (Å²) in [4.78, 5) is 38.8. The van der Waals surface area contributed by atoms with E-state index in [-0.39, 0.29) is 5.57 Å². The molecule has 0 saturated carbocycles. The Bertz CT molecular complexity index is 1260. The number of amides is 4. The summed E-state index contributed by atoms with van der Waals surface area (Å²) in [5.41, 5.74) is 2.89. The molecule has 1 N–H and O–H groups in total. The Labute approximate surface area is 197 Å². The molecule has 1 heterocycles. The lowest BCUT2D eigenvalue weighted by Gasteiger charge is -2.26. The number of urea groups is 1. The number of aryl methyl sites for hydroxylation is 2. The van der Waals surface area contributed by atoms with Crippen LogP contribution in [0.2, 0.25) is 0 Å². The Morgan fingerprint density at radius 3 is 2.24 bits per heavy atom. The van der Waals surface area contributed by atoms with Crippen LogP contribution in [0.1, 0.15) is 16.7 Å². The fraction of sp³-hybridized carbons (Fsp3) is 0.148. The van der Waals surface area contributed by atoms with Gasteiger partial charge in [0.25, 0.3) is 11.8 Å². The molecule has 3 aromatic carbocycles. The third-order valence-electron chi connectivity index (χ3n) is 5.17. The van der Waals surface area contributed by atoms with Crippen molar-refractivity contribution in [2.75, 3.05) is 18.1 Å². The van der Waals surface area contributed by atoms with E-state index in [9.17, 15) is 14.4 Å². The van der Waals surface area contributed by atoms with Crippen LogP contribution in [0.3, 0.4) is 0 Å². The summed E-state index contributed by atoms with van der Waals surface area (Å²) in [6, 6.07) is 20.9. The normalized spacial score (nSPS) is 14.8. The fourth-order valence-electron chi connectivity index (χ4n) is 3.47. The number of hydrogen-bond acceptors (Lipinski definition) is 5. The molecule has 34 heavy (non-hydrogen) atoms. The van der Waals surface area contributed by atoms with Crippen LogP contribution in [0.15, 0.2) is 78.4 Å². The zero-order valence-corrected chi connectivity index (χ0v) is 18.9. The predicted molar refractivity (Wildman–Crippen MR) is 129 cm³/mol. The van der Waals surface area contributed by atoms with Crippen molar-refractivity contribution in [3.05, 3.63) is 95.1 Å². The van der Waals surface area contributed by atoms with E-state index in [1.807, 2.05) is 44.2 Å². The summed E-state index contributed by atoms with van der Waals surface area (Å²) >= 11 is 0. The number of benzene rings is 3. The van der Waals surface area contributed by atoms with Gasteiger partial charge in [-0.25, -0.2) is 9.69 Å². The Kier molecular flexibility index (Phi) is 6.73. The first-order valence-electron chi connectivity index (χ1n) is 10.8. The monoisotopic (exact) mass is 456 g/mol. The number of imide groups is 2. The maximum atomic E-state index is 13.0. The van der Waals surface area contributed by atoms with E-state index in [4.69, 9.17) is 9.47 Å². The van der Waals surface area contributed by atoms with Crippen LogP contribution in [0.25, 0.3) is 6.08 Å². The van der Waals surface area contributed by atoms with Crippen LogP contribution in [-0.4, -0.2) is 31.1 Å².